The van der Waals surface area contributed by atoms with E-state index in [0.29, 0.717) is 6.42 Å². The first-order valence-corrected chi connectivity index (χ1v) is 4.09. The minimum absolute atomic E-state index is 0.629. The minimum atomic E-state index is -0.804. The number of rotatable bonds is 3. The summed E-state index contributed by atoms with van der Waals surface area (Å²) in [4.78, 5) is 0. The van der Waals surface area contributed by atoms with Gasteiger partial charge in [0.2, 0.25) is 0 Å². The quantitative estimate of drug-likeness (QED) is 0.659. The molecule has 2 heteroatoms. The Morgan fingerprint density at radius 1 is 1.33 bits per heavy atom. The highest BCUT2D eigenvalue weighted by Gasteiger charge is 2.16. The van der Waals surface area contributed by atoms with E-state index in [4.69, 9.17) is 0 Å². The summed E-state index contributed by atoms with van der Waals surface area (Å²) >= 11 is 0. The van der Waals surface area contributed by atoms with Gasteiger partial charge in [-0.1, -0.05) is 30.3 Å². The van der Waals surface area contributed by atoms with Crippen molar-refractivity contribution in [3.05, 3.63) is 35.9 Å². The van der Waals surface area contributed by atoms with Crippen LogP contribution in [0, 0.1) is 0 Å². The molecule has 0 saturated heterocycles. The fraction of sp³-hybridized carbons (Fsp3) is 0.400. The molecule has 66 valence electrons. The summed E-state index contributed by atoms with van der Waals surface area (Å²) in [5, 5.41) is 12.5. The summed E-state index contributed by atoms with van der Waals surface area (Å²) in [7, 11) is 1.75. The van der Waals surface area contributed by atoms with E-state index in [2.05, 4.69) is 5.32 Å². The Morgan fingerprint density at radius 2 is 1.92 bits per heavy atom. The van der Waals surface area contributed by atoms with Gasteiger partial charge in [0.15, 0.2) is 0 Å². The molecule has 1 unspecified atom stereocenters. The van der Waals surface area contributed by atoms with Crippen molar-refractivity contribution < 1.29 is 5.11 Å². The summed E-state index contributed by atoms with van der Waals surface area (Å²) in [6.07, 6.45) is 0.629. The molecule has 0 aliphatic carbocycles. The van der Waals surface area contributed by atoms with Crippen LogP contribution in [0.3, 0.4) is 0 Å². The first-order valence-electron chi connectivity index (χ1n) is 4.09. The molecule has 0 fully saturated rings. The van der Waals surface area contributed by atoms with Crippen LogP contribution in [0.25, 0.3) is 0 Å². The molecule has 1 atom stereocenters. The number of likely N-dealkylation sites (N-methyl/N-ethyl adjacent to an activating group) is 1. The van der Waals surface area contributed by atoms with Crippen molar-refractivity contribution in [3.63, 3.8) is 0 Å². The Bertz CT molecular complexity index is 231. The van der Waals surface area contributed by atoms with Crippen molar-refractivity contribution in [1.82, 2.24) is 5.32 Å². The number of benzene rings is 1. The second-order valence-corrected chi connectivity index (χ2v) is 3.19. The predicted octanol–water partition coefficient (Wildman–Crippen LogP) is 1.16. The second-order valence-electron chi connectivity index (χ2n) is 3.19. The van der Waals surface area contributed by atoms with E-state index in [9.17, 15) is 5.11 Å². The van der Waals surface area contributed by atoms with E-state index in [1.165, 1.54) is 0 Å². The molecule has 0 saturated carbocycles. The molecule has 1 rings (SSSR count). The lowest BCUT2D eigenvalue weighted by atomic mass is 10.0. The molecule has 1 aromatic rings. The molecule has 0 aliphatic rings. The smallest absolute Gasteiger partial charge is 0.117 e. The second kappa shape index (κ2) is 3.70. The zero-order valence-electron chi connectivity index (χ0n) is 7.54. The van der Waals surface area contributed by atoms with Gasteiger partial charge in [-0.2, -0.15) is 0 Å². The van der Waals surface area contributed by atoms with Crippen molar-refractivity contribution in [2.24, 2.45) is 0 Å². The van der Waals surface area contributed by atoms with E-state index >= 15 is 0 Å². The van der Waals surface area contributed by atoms with Gasteiger partial charge < -0.3 is 5.11 Å². The Labute approximate surface area is 73.2 Å². The first kappa shape index (κ1) is 9.23. The van der Waals surface area contributed by atoms with Gasteiger partial charge in [-0.15, -0.1) is 0 Å². The van der Waals surface area contributed by atoms with Crippen LogP contribution in [-0.2, 0) is 6.42 Å². The molecule has 0 heterocycles. The van der Waals surface area contributed by atoms with Crippen LogP contribution in [0.4, 0.5) is 0 Å². The number of hydrogen-bond acceptors (Lipinski definition) is 2. The fourth-order valence-corrected chi connectivity index (χ4v) is 1.08. The molecule has 2 N–H and O–H groups in total. The van der Waals surface area contributed by atoms with Gasteiger partial charge in [0.25, 0.3) is 0 Å². The molecule has 2 nitrogen and oxygen atoms in total. The van der Waals surface area contributed by atoms with Crippen LogP contribution in [0.2, 0.25) is 0 Å². The number of hydrogen-bond donors (Lipinski definition) is 2. The van der Waals surface area contributed by atoms with E-state index in [-0.39, 0.29) is 0 Å². The molecular formula is C10H15NO. The summed E-state index contributed by atoms with van der Waals surface area (Å²) in [6.45, 7) is 1.76. The SMILES string of the molecule is CNC(C)(O)Cc1ccccc1. The largest absolute Gasteiger partial charge is 0.376 e. The molecule has 0 spiro atoms. The van der Waals surface area contributed by atoms with Gasteiger partial charge >= 0.3 is 0 Å². The molecule has 1 aromatic carbocycles. The van der Waals surface area contributed by atoms with Crippen LogP contribution in [0.5, 0.6) is 0 Å². The minimum Gasteiger partial charge on any atom is -0.376 e. The molecular weight excluding hydrogens is 150 g/mol. The zero-order chi connectivity index (χ0) is 9.03. The lowest BCUT2D eigenvalue weighted by molar-refractivity contribution is 0.0326. The van der Waals surface area contributed by atoms with Crippen molar-refractivity contribution in [3.8, 4) is 0 Å². The summed E-state index contributed by atoms with van der Waals surface area (Å²) in [6, 6.07) is 9.93. The predicted molar refractivity (Wildman–Crippen MR) is 49.8 cm³/mol. The topological polar surface area (TPSA) is 32.3 Å². The number of aliphatic hydroxyl groups is 1. The molecule has 12 heavy (non-hydrogen) atoms. The van der Waals surface area contributed by atoms with Crippen molar-refractivity contribution in [1.29, 1.82) is 0 Å². The van der Waals surface area contributed by atoms with Gasteiger partial charge in [0.1, 0.15) is 5.72 Å². The average molecular weight is 165 g/mol. The van der Waals surface area contributed by atoms with E-state index in [1.54, 1.807) is 14.0 Å². The van der Waals surface area contributed by atoms with Gasteiger partial charge in [0, 0.05) is 6.42 Å². The lowest BCUT2D eigenvalue weighted by Gasteiger charge is -2.22. The van der Waals surface area contributed by atoms with E-state index in [1.807, 2.05) is 30.3 Å². The van der Waals surface area contributed by atoms with E-state index in [0.717, 1.165) is 5.56 Å². The number of nitrogens with one attached hydrogen (secondary N) is 1. The molecule has 0 amide bonds. The van der Waals surface area contributed by atoms with Crippen molar-refractivity contribution in [2.75, 3.05) is 7.05 Å². The highest BCUT2D eigenvalue weighted by atomic mass is 16.3. The maximum absolute atomic E-state index is 9.67. The van der Waals surface area contributed by atoms with Crippen molar-refractivity contribution in [2.45, 2.75) is 19.1 Å². The molecule has 0 aliphatic heterocycles. The lowest BCUT2D eigenvalue weighted by Crippen LogP contribution is -2.41. The van der Waals surface area contributed by atoms with Gasteiger partial charge in [0.05, 0.1) is 0 Å². The third kappa shape index (κ3) is 2.64. The van der Waals surface area contributed by atoms with Crippen LogP contribution in [0.15, 0.2) is 30.3 Å². The standard InChI is InChI=1S/C10H15NO/c1-10(12,11-2)8-9-6-4-3-5-7-9/h3-7,11-12H,8H2,1-2H3. The van der Waals surface area contributed by atoms with Crippen LogP contribution in [0.1, 0.15) is 12.5 Å². The highest BCUT2D eigenvalue weighted by molar-refractivity contribution is 5.16. The fourth-order valence-electron chi connectivity index (χ4n) is 1.08. The Hall–Kier alpha value is -0.860. The maximum Gasteiger partial charge on any atom is 0.117 e. The Balaban J connectivity index is 2.64. The summed E-state index contributed by atoms with van der Waals surface area (Å²) in [5.74, 6) is 0. The normalized spacial score (nSPS) is 15.6. The van der Waals surface area contributed by atoms with Crippen LogP contribution in [-0.4, -0.2) is 17.9 Å². The monoisotopic (exact) mass is 165 g/mol. The highest BCUT2D eigenvalue weighted by Crippen LogP contribution is 2.08. The molecule has 0 radical (unpaired) electrons. The Morgan fingerprint density at radius 3 is 2.42 bits per heavy atom. The van der Waals surface area contributed by atoms with E-state index < -0.39 is 5.72 Å². The van der Waals surface area contributed by atoms with Crippen LogP contribution < -0.4 is 5.32 Å². The summed E-state index contributed by atoms with van der Waals surface area (Å²) in [5.41, 5.74) is 0.332. The van der Waals surface area contributed by atoms with Crippen LogP contribution >= 0.6 is 0 Å². The maximum atomic E-state index is 9.67. The van der Waals surface area contributed by atoms with Gasteiger partial charge in [-0.25, -0.2) is 0 Å². The first-order chi connectivity index (χ1) is 5.64. The average Bonchev–Trinajstić information content (AvgIpc) is 2.06. The van der Waals surface area contributed by atoms with Crippen molar-refractivity contribution >= 4 is 0 Å². The van der Waals surface area contributed by atoms with Gasteiger partial charge in [-0.3, -0.25) is 5.32 Å². The molecule has 0 bridgehead atoms. The van der Waals surface area contributed by atoms with Gasteiger partial charge in [-0.05, 0) is 19.5 Å². The third-order valence-corrected chi connectivity index (χ3v) is 1.93. The zero-order valence-corrected chi connectivity index (χ0v) is 7.54. The third-order valence-electron chi connectivity index (χ3n) is 1.93. The molecule has 0 aromatic heterocycles. The summed E-state index contributed by atoms with van der Waals surface area (Å²) < 4.78 is 0. The Kier molecular flexibility index (Phi) is 2.84.